The van der Waals surface area contributed by atoms with Gasteiger partial charge >= 0.3 is 0 Å². The molecule has 1 saturated carbocycles. The van der Waals surface area contributed by atoms with Crippen LogP contribution in [-0.4, -0.2) is 34.7 Å². The first-order valence-electron chi connectivity index (χ1n) is 8.31. The molecular weight excluding hydrogens is 309 g/mol. The normalized spacial score (nSPS) is 29.1. The number of nitriles is 1. The highest BCUT2D eigenvalue weighted by Crippen LogP contribution is 2.48. The maximum atomic E-state index is 14.8. The van der Waals surface area contributed by atoms with Gasteiger partial charge in [0.1, 0.15) is 6.17 Å². The topological polar surface area (TPSA) is 60.1 Å². The van der Waals surface area contributed by atoms with Gasteiger partial charge in [-0.2, -0.15) is 5.26 Å². The molecule has 0 radical (unpaired) electrons. The number of fused-ring (bicyclic) bond motifs is 1. The molecule has 1 spiro atoms. The lowest BCUT2D eigenvalue weighted by atomic mass is 9.71. The minimum atomic E-state index is -0.924. The zero-order valence-corrected chi connectivity index (χ0v) is 13.7. The van der Waals surface area contributed by atoms with Crippen LogP contribution >= 0.6 is 0 Å². The van der Waals surface area contributed by atoms with Crippen LogP contribution in [0, 0.1) is 16.7 Å². The summed E-state index contributed by atoms with van der Waals surface area (Å²) in [6.45, 7) is 3.58. The molecular formula is C18H20FN3O2. The second kappa shape index (κ2) is 5.54. The van der Waals surface area contributed by atoms with E-state index < -0.39 is 17.4 Å². The van der Waals surface area contributed by atoms with Crippen LogP contribution in [0.3, 0.4) is 0 Å². The summed E-state index contributed by atoms with van der Waals surface area (Å²) < 4.78 is 28.4. The van der Waals surface area contributed by atoms with Gasteiger partial charge < -0.3 is 14.0 Å². The molecule has 1 aliphatic heterocycles. The minimum absolute atomic E-state index is 0.437. The number of halogens is 1. The average molecular weight is 329 g/mol. The fraction of sp³-hybridized carbons (Fsp3) is 0.556. The largest absolute Gasteiger partial charge is 0.348 e. The van der Waals surface area contributed by atoms with Crippen LogP contribution in [-0.2, 0) is 16.0 Å². The van der Waals surface area contributed by atoms with E-state index in [4.69, 9.17) is 14.7 Å². The molecule has 2 fully saturated rings. The van der Waals surface area contributed by atoms with E-state index in [1.54, 1.807) is 18.5 Å². The number of alkyl halides is 1. The summed E-state index contributed by atoms with van der Waals surface area (Å²) in [6.07, 6.45) is 2.37. The Bertz CT molecular complexity index is 806. The number of rotatable bonds is 2. The van der Waals surface area contributed by atoms with E-state index in [-0.39, 0.29) is 0 Å². The Balaban J connectivity index is 1.66. The molecule has 1 aromatic carbocycles. The smallest absolute Gasteiger partial charge is 0.169 e. The zero-order valence-electron chi connectivity index (χ0n) is 13.7. The molecule has 2 aliphatic rings. The first-order valence-corrected chi connectivity index (χ1v) is 8.31. The Kier molecular flexibility index (Phi) is 3.59. The zero-order chi connectivity index (χ0) is 16.8. The van der Waals surface area contributed by atoms with Gasteiger partial charge in [0.05, 0.1) is 42.2 Å². The van der Waals surface area contributed by atoms with E-state index in [9.17, 15) is 4.39 Å². The van der Waals surface area contributed by atoms with Crippen LogP contribution < -0.4 is 0 Å². The second-order valence-corrected chi connectivity index (χ2v) is 7.13. The highest BCUT2D eigenvalue weighted by molar-refractivity contribution is 5.77. The van der Waals surface area contributed by atoms with Crippen LogP contribution in [0.25, 0.3) is 11.0 Å². The second-order valence-electron chi connectivity index (χ2n) is 7.13. The molecule has 1 aromatic heterocycles. The van der Waals surface area contributed by atoms with E-state index in [0.717, 1.165) is 11.0 Å². The molecule has 5 nitrogen and oxygen atoms in total. The van der Waals surface area contributed by atoms with Crippen molar-refractivity contribution < 1.29 is 13.9 Å². The maximum Gasteiger partial charge on any atom is 0.169 e. The summed E-state index contributed by atoms with van der Waals surface area (Å²) >= 11 is 0. The SMILES string of the molecule is C[C@@]1(Cn2cnc3ccc(C#N)cc32)CC2(CC[C@H]1F)OCCO2. The first kappa shape index (κ1) is 15.6. The number of imidazole rings is 1. The molecule has 0 amide bonds. The fourth-order valence-corrected chi connectivity index (χ4v) is 4.05. The molecule has 4 rings (SSSR count). The molecule has 0 N–H and O–H groups in total. The highest BCUT2D eigenvalue weighted by Gasteiger charge is 2.51. The quantitative estimate of drug-likeness (QED) is 0.849. The first-order chi connectivity index (χ1) is 11.5. The van der Waals surface area contributed by atoms with Crippen LogP contribution in [0.2, 0.25) is 0 Å². The van der Waals surface area contributed by atoms with Crippen molar-refractivity contribution in [1.82, 2.24) is 9.55 Å². The van der Waals surface area contributed by atoms with Crippen LogP contribution in [0.1, 0.15) is 31.7 Å². The van der Waals surface area contributed by atoms with Crippen molar-refractivity contribution in [3.63, 3.8) is 0 Å². The fourth-order valence-electron chi connectivity index (χ4n) is 4.05. The molecule has 1 aliphatic carbocycles. The van der Waals surface area contributed by atoms with Gasteiger partial charge in [-0.05, 0) is 24.6 Å². The van der Waals surface area contributed by atoms with Crippen molar-refractivity contribution in [2.75, 3.05) is 13.2 Å². The minimum Gasteiger partial charge on any atom is -0.348 e. The van der Waals surface area contributed by atoms with Crippen LogP contribution in [0.15, 0.2) is 24.5 Å². The lowest BCUT2D eigenvalue weighted by molar-refractivity contribution is -0.214. The Hall–Kier alpha value is -1.97. The summed E-state index contributed by atoms with van der Waals surface area (Å²) in [7, 11) is 0. The summed E-state index contributed by atoms with van der Waals surface area (Å²) in [6, 6.07) is 7.52. The molecule has 2 heterocycles. The van der Waals surface area contributed by atoms with Gasteiger partial charge in [-0.15, -0.1) is 0 Å². The Labute approximate surface area is 140 Å². The van der Waals surface area contributed by atoms with Crippen LogP contribution in [0.5, 0.6) is 0 Å². The Morgan fingerprint density at radius 2 is 2.21 bits per heavy atom. The predicted molar refractivity (Wildman–Crippen MR) is 85.9 cm³/mol. The summed E-state index contributed by atoms with van der Waals surface area (Å²) in [5.41, 5.74) is 1.65. The van der Waals surface area contributed by atoms with E-state index in [0.29, 0.717) is 44.6 Å². The third-order valence-electron chi connectivity index (χ3n) is 5.30. The molecule has 0 bridgehead atoms. The molecule has 2 atom stereocenters. The number of benzene rings is 1. The Morgan fingerprint density at radius 3 is 2.96 bits per heavy atom. The molecule has 1 saturated heterocycles. The van der Waals surface area contributed by atoms with E-state index in [2.05, 4.69) is 11.1 Å². The summed E-state index contributed by atoms with van der Waals surface area (Å²) in [5, 5.41) is 9.11. The number of aromatic nitrogens is 2. The standard InChI is InChI=1S/C18H20FN3O2/c1-17(10-18(5-4-16(17)19)23-6-7-24-18)11-22-12-21-14-3-2-13(9-20)8-15(14)22/h2-3,8,12,16H,4-7,10-11H2,1H3/t16-,17+/m1/s1. The monoisotopic (exact) mass is 329 g/mol. The van der Waals surface area contributed by atoms with E-state index in [1.165, 1.54) is 0 Å². The van der Waals surface area contributed by atoms with Gasteiger partial charge in [0.15, 0.2) is 5.79 Å². The summed E-state index contributed by atoms with van der Waals surface area (Å²) in [5.74, 6) is -0.633. The van der Waals surface area contributed by atoms with Crippen molar-refractivity contribution in [1.29, 1.82) is 5.26 Å². The maximum absolute atomic E-state index is 14.8. The molecule has 126 valence electrons. The highest BCUT2D eigenvalue weighted by atomic mass is 19.1. The number of hydrogen-bond acceptors (Lipinski definition) is 4. The van der Waals surface area contributed by atoms with Gasteiger partial charge in [0.25, 0.3) is 0 Å². The van der Waals surface area contributed by atoms with E-state index in [1.807, 2.05) is 17.6 Å². The molecule has 6 heteroatoms. The predicted octanol–water partition coefficient (Wildman–Crippen LogP) is 3.18. The van der Waals surface area contributed by atoms with Crippen molar-refractivity contribution in [2.45, 2.75) is 44.7 Å². The van der Waals surface area contributed by atoms with Crippen molar-refractivity contribution >= 4 is 11.0 Å². The lowest BCUT2D eigenvalue weighted by Gasteiger charge is -2.45. The third-order valence-corrected chi connectivity index (χ3v) is 5.30. The number of hydrogen-bond donors (Lipinski definition) is 0. The van der Waals surface area contributed by atoms with E-state index >= 15 is 0 Å². The van der Waals surface area contributed by atoms with Gasteiger partial charge in [-0.3, -0.25) is 0 Å². The number of nitrogens with zero attached hydrogens (tertiary/aromatic N) is 3. The number of ether oxygens (including phenoxy) is 2. The molecule has 0 unspecified atom stereocenters. The van der Waals surface area contributed by atoms with Crippen LogP contribution in [0.4, 0.5) is 4.39 Å². The van der Waals surface area contributed by atoms with Crippen molar-refractivity contribution in [2.24, 2.45) is 5.41 Å². The molecule has 2 aromatic rings. The third kappa shape index (κ3) is 2.48. The summed E-state index contributed by atoms with van der Waals surface area (Å²) in [4.78, 5) is 4.37. The van der Waals surface area contributed by atoms with Gasteiger partial charge in [-0.25, -0.2) is 9.37 Å². The average Bonchev–Trinajstić information content (AvgIpc) is 3.19. The van der Waals surface area contributed by atoms with Gasteiger partial charge in [0, 0.05) is 24.8 Å². The Morgan fingerprint density at radius 1 is 1.42 bits per heavy atom. The van der Waals surface area contributed by atoms with Gasteiger partial charge in [0.2, 0.25) is 0 Å². The lowest BCUT2D eigenvalue weighted by Crippen LogP contribution is -2.48. The van der Waals surface area contributed by atoms with Crippen molar-refractivity contribution in [3.05, 3.63) is 30.1 Å². The van der Waals surface area contributed by atoms with Crippen molar-refractivity contribution in [3.8, 4) is 6.07 Å². The molecule has 24 heavy (non-hydrogen) atoms. The van der Waals surface area contributed by atoms with Gasteiger partial charge in [-0.1, -0.05) is 6.92 Å².